The fourth-order valence-corrected chi connectivity index (χ4v) is 5.61. The van der Waals surface area contributed by atoms with E-state index < -0.39 is 21.5 Å². The first-order chi connectivity index (χ1) is 15.2. The molecule has 0 spiro atoms. The molecule has 9 heteroatoms. The van der Waals surface area contributed by atoms with Gasteiger partial charge in [-0.3, -0.25) is 4.90 Å². The lowest BCUT2D eigenvalue weighted by atomic mass is 9.99. The molecule has 2 heterocycles. The molecule has 0 bridgehead atoms. The fourth-order valence-electron chi connectivity index (χ4n) is 4.13. The first kappa shape index (κ1) is 22.4. The van der Waals surface area contributed by atoms with Crippen LogP contribution in [0.15, 0.2) is 50.5 Å². The van der Waals surface area contributed by atoms with Crippen molar-refractivity contribution in [3.63, 3.8) is 0 Å². The zero-order chi connectivity index (χ0) is 23.0. The van der Waals surface area contributed by atoms with Crippen LogP contribution in [0.1, 0.15) is 23.6 Å². The van der Waals surface area contributed by atoms with E-state index in [1.165, 1.54) is 28.6 Å². The molecule has 7 nitrogen and oxygen atoms in total. The Bertz CT molecular complexity index is 1330. The molecule has 1 fully saturated rings. The Morgan fingerprint density at radius 2 is 1.81 bits per heavy atom. The number of piperazine rings is 1. The Labute approximate surface area is 185 Å². The predicted molar refractivity (Wildman–Crippen MR) is 119 cm³/mol. The molecule has 0 amide bonds. The summed E-state index contributed by atoms with van der Waals surface area (Å²) in [6.07, 6.45) is 0.613. The Kier molecular flexibility index (Phi) is 6.07. The normalized spacial score (nSPS) is 16.0. The second-order valence-electron chi connectivity index (χ2n) is 7.95. The summed E-state index contributed by atoms with van der Waals surface area (Å²) < 4.78 is 46.5. The van der Waals surface area contributed by atoms with Gasteiger partial charge in [-0.05, 0) is 42.7 Å². The Morgan fingerprint density at radius 1 is 1.12 bits per heavy atom. The Morgan fingerprint density at radius 3 is 2.47 bits per heavy atom. The average Bonchev–Trinajstić information content (AvgIpc) is 2.76. The number of hydrogen-bond donors (Lipinski definition) is 1. The van der Waals surface area contributed by atoms with Gasteiger partial charge >= 0.3 is 5.63 Å². The second-order valence-corrected chi connectivity index (χ2v) is 9.86. The molecule has 170 valence electrons. The Balaban J connectivity index is 1.59. The van der Waals surface area contributed by atoms with Crippen LogP contribution in [-0.2, 0) is 23.0 Å². The molecule has 32 heavy (non-hydrogen) atoms. The predicted octanol–water partition coefficient (Wildman–Crippen LogP) is 3.02. The van der Waals surface area contributed by atoms with E-state index >= 15 is 0 Å². The monoisotopic (exact) mass is 460 g/mol. The largest absolute Gasteiger partial charge is 0.507 e. The van der Waals surface area contributed by atoms with Gasteiger partial charge in [-0.2, -0.15) is 4.31 Å². The van der Waals surface area contributed by atoms with E-state index in [2.05, 4.69) is 0 Å². The molecular weight excluding hydrogens is 435 g/mol. The van der Waals surface area contributed by atoms with Crippen molar-refractivity contribution in [1.29, 1.82) is 0 Å². The van der Waals surface area contributed by atoms with Crippen molar-refractivity contribution < 1.29 is 22.3 Å². The van der Waals surface area contributed by atoms with E-state index in [1.54, 1.807) is 0 Å². The van der Waals surface area contributed by atoms with Crippen molar-refractivity contribution in [1.82, 2.24) is 9.21 Å². The second kappa shape index (κ2) is 8.65. The molecule has 1 aliphatic rings. The molecule has 0 aliphatic carbocycles. The first-order valence-corrected chi connectivity index (χ1v) is 11.9. The molecule has 2 aromatic carbocycles. The van der Waals surface area contributed by atoms with Gasteiger partial charge in [0.15, 0.2) is 0 Å². The van der Waals surface area contributed by atoms with E-state index in [9.17, 15) is 22.7 Å². The van der Waals surface area contributed by atoms with E-state index in [0.29, 0.717) is 37.2 Å². The van der Waals surface area contributed by atoms with Crippen LogP contribution in [0.5, 0.6) is 5.75 Å². The molecule has 1 N–H and O–H groups in total. The standard InChI is InChI=1S/C23H25FN2O5S/c1-3-16-13-17-15(2)12-21(27)31-23(17)18(22(16)28)14-25-8-10-26(11-9-25)32(29,30)20-7-5-4-6-19(20)24/h4-7,12-13,28H,3,8-11,14H2,1-2H3. The number of aromatic hydroxyl groups is 1. The molecule has 1 aromatic heterocycles. The van der Waals surface area contributed by atoms with Gasteiger partial charge in [0, 0.05) is 44.2 Å². The maximum atomic E-state index is 14.1. The Hall–Kier alpha value is -2.75. The van der Waals surface area contributed by atoms with Gasteiger partial charge < -0.3 is 9.52 Å². The first-order valence-electron chi connectivity index (χ1n) is 10.5. The quantitative estimate of drug-likeness (QED) is 0.589. The highest BCUT2D eigenvalue weighted by molar-refractivity contribution is 7.89. The van der Waals surface area contributed by atoms with Crippen LogP contribution in [0.3, 0.4) is 0 Å². The highest BCUT2D eigenvalue weighted by atomic mass is 32.2. The van der Waals surface area contributed by atoms with Crippen LogP contribution in [-0.4, -0.2) is 48.9 Å². The van der Waals surface area contributed by atoms with Crippen LogP contribution in [0.2, 0.25) is 0 Å². The molecule has 1 saturated heterocycles. The van der Waals surface area contributed by atoms with Gasteiger partial charge in [-0.25, -0.2) is 17.6 Å². The third kappa shape index (κ3) is 4.03. The van der Waals surface area contributed by atoms with Gasteiger partial charge in [0.05, 0.1) is 5.56 Å². The summed E-state index contributed by atoms with van der Waals surface area (Å²) in [5, 5.41) is 11.6. The molecule has 0 radical (unpaired) electrons. The summed E-state index contributed by atoms with van der Waals surface area (Å²) in [4.78, 5) is 13.6. The summed E-state index contributed by atoms with van der Waals surface area (Å²) in [6, 6.07) is 8.61. The van der Waals surface area contributed by atoms with Gasteiger partial charge in [-0.1, -0.05) is 19.1 Å². The van der Waals surface area contributed by atoms with Crippen LogP contribution in [0.4, 0.5) is 4.39 Å². The number of rotatable bonds is 5. The topological polar surface area (TPSA) is 91.1 Å². The lowest BCUT2D eigenvalue weighted by molar-refractivity contribution is 0.180. The lowest BCUT2D eigenvalue weighted by Gasteiger charge is -2.34. The molecule has 0 saturated carbocycles. The molecule has 1 aliphatic heterocycles. The molecule has 0 unspecified atom stereocenters. The summed E-state index contributed by atoms with van der Waals surface area (Å²) in [6.45, 7) is 5.22. The average molecular weight is 461 g/mol. The molecular formula is C23H25FN2O5S. The van der Waals surface area contributed by atoms with Crippen LogP contribution < -0.4 is 5.63 Å². The summed E-state index contributed by atoms with van der Waals surface area (Å²) in [5.74, 6) is -0.678. The number of hydrogen-bond acceptors (Lipinski definition) is 6. The van der Waals surface area contributed by atoms with Crippen molar-refractivity contribution in [2.24, 2.45) is 0 Å². The highest BCUT2D eigenvalue weighted by Gasteiger charge is 2.31. The van der Waals surface area contributed by atoms with Crippen molar-refractivity contribution in [2.45, 2.75) is 31.7 Å². The zero-order valence-corrected chi connectivity index (χ0v) is 18.8. The van der Waals surface area contributed by atoms with Crippen LogP contribution >= 0.6 is 0 Å². The van der Waals surface area contributed by atoms with Gasteiger partial charge in [-0.15, -0.1) is 0 Å². The highest BCUT2D eigenvalue weighted by Crippen LogP contribution is 2.34. The number of nitrogens with zero attached hydrogens (tertiary/aromatic N) is 2. The van der Waals surface area contributed by atoms with Gasteiger partial charge in [0.2, 0.25) is 10.0 Å². The maximum absolute atomic E-state index is 14.1. The third-order valence-corrected chi connectivity index (χ3v) is 7.87. The number of halogens is 1. The molecule has 0 atom stereocenters. The number of phenols is 1. The molecule has 4 rings (SSSR count). The lowest BCUT2D eigenvalue weighted by Crippen LogP contribution is -2.48. The number of phenolic OH excluding ortho intramolecular Hbond substituents is 1. The van der Waals surface area contributed by atoms with E-state index in [0.717, 1.165) is 22.6 Å². The minimum absolute atomic E-state index is 0.0927. The minimum atomic E-state index is -3.93. The van der Waals surface area contributed by atoms with Crippen molar-refractivity contribution in [3.8, 4) is 5.75 Å². The van der Waals surface area contributed by atoms with Crippen LogP contribution in [0, 0.1) is 12.7 Å². The van der Waals surface area contributed by atoms with Crippen molar-refractivity contribution in [3.05, 3.63) is 69.3 Å². The van der Waals surface area contributed by atoms with Gasteiger partial charge in [0.25, 0.3) is 0 Å². The van der Waals surface area contributed by atoms with Crippen LogP contribution in [0.25, 0.3) is 11.0 Å². The fraction of sp³-hybridized carbons (Fsp3) is 0.348. The van der Waals surface area contributed by atoms with Gasteiger partial charge in [0.1, 0.15) is 22.0 Å². The SMILES string of the molecule is CCc1cc2c(C)cc(=O)oc2c(CN2CCN(S(=O)(=O)c3ccccc3F)CC2)c1O. The molecule has 3 aromatic rings. The number of sulfonamides is 1. The maximum Gasteiger partial charge on any atom is 0.336 e. The zero-order valence-electron chi connectivity index (χ0n) is 18.0. The summed E-state index contributed by atoms with van der Waals surface area (Å²) in [7, 11) is -3.93. The third-order valence-electron chi connectivity index (χ3n) is 5.94. The van der Waals surface area contributed by atoms with E-state index in [4.69, 9.17) is 4.42 Å². The van der Waals surface area contributed by atoms with E-state index in [-0.39, 0.29) is 23.7 Å². The smallest absolute Gasteiger partial charge is 0.336 e. The van der Waals surface area contributed by atoms with Crippen molar-refractivity contribution in [2.75, 3.05) is 26.2 Å². The number of aryl methyl sites for hydroxylation is 2. The van der Waals surface area contributed by atoms with E-state index in [1.807, 2.05) is 24.8 Å². The minimum Gasteiger partial charge on any atom is -0.507 e. The number of fused-ring (bicyclic) bond motifs is 1. The number of benzene rings is 2. The van der Waals surface area contributed by atoms with Crippen molar-refractivity contribution >= 4 is 21.0 Å². The summed E-state index contributed by atoms with van der Waals surface area (Å²) >= 11 is 0. The summed E-state index contributed by atoms with van der Waals surface area (Å²) in [5.41, 5.74) is 1.91.